The van der Waals surface area contributed by atoms with Crippen LogP contribution in [0.25, 0.3) is 10.9 Å². The number of pyridine rings is 1. The highest BCUT2D eigenvalue weighted by atomic mass is 32.2. The van der Waals surface area contributed by atoms with E-state index < -0.39 is 0 Å². The van der Waals surface area contributed by atoms with Crippen molar-refractivity contribution in [3.8, 4) is 5.40 Å². The van der Waals surface area contributed by atoms with Gasteiger partial charge in [0.05, 0.1) is 5.52 Å². The Morgan fingerprint density at radius 3 is 2.91 bits per heavy atom. The SMILES string of the molecule is N#CSCCCCCNc1c2c(nc3ccccc13)CCCC2. The average molecular weight is 325 g/mol. The van der Waals surface area contributed by atoms with Gasteiger partial charge in [-0.15, -0.1) is 0 Å². The zero-order valence-corrected chi connectivity index (χ0v) is 14.3. The summed E-state index contributed by atoms with van der Waals surface area (Å²) in [6.07, 6.45) is 8.23. The first-order chi connectivity index (χ1) is 11.4. The van der Waals surface area contributed by atoms with Crippen LogP contribution in [-0.4, -0.2) is 17.3 Å². The van der Waals surface area contributed by atoms with E-state index in [1.165, 1.54) is 53.4 Å². The Labute approximate surface area is 142 Å². The summed E-state index contributed by atoms with van der Waals surface area (Å²) in [5.74, 6) is 0.948. The van der Waals surface area contributed by atoms with E-state index >= 15 is 0 Å². The van der Waals surface area contributed by atoms with Crippen LogP contribution in [0.15, 0.2) is 24.3 Å². The highest BCUT2D eigenvalue weighted by Crippen LogP contribution is 2.33. The van der Waals surface area contributed by atoms with Gasteiger partial charge < -0.3 is 5.32 Å². The number of thioether (sulfide) groups is 1. The summed E-state index contributed by atoms with van der Waals surface area (Å²) in [4.78, 5) is 4.88. The van der Waals surface area contributed by atoms with Crippen molar-refractivity contribution in [3.05, 3.63) is 35.5 Å². The van der Waals surface area contributed by atoms with Crippen LogP contribution in [0.4, 0.5) is 5.69 Å². The Morgan fingerprint density at radius 2 is 2.00 bits per heavy atom. The predicted octanol–water partition coefficient (Wildman–Crippen LogP) is 4.91. The number of thiocyanates is 1. The monoisotopic (exact) mass is 325 g/mol. The average Bonchev–Trinajstić information content (AvgIpc) is 2.60. The number of fused-ring (bicyclic) bond motifs is 2. The van der Waals surface area contributed by atoms with Gasteiger partial charge in [0.25, 0.3) is 0 Å². The molecule has 0 aliphatic heterocycles. The largest absolute Gasteiger partial charge is 0.384 e. The third-order valence-electron chi connectivity index (χ3n) is 4.46. The lowest BCUT2D eigenvalue weighted by molar-refractivity contribution is 0.671. The molecular formula is C19H23N3S. The zero-order valence-electron chi connectivity index (χ0n) is 13.5. The Bertz CT molecular complexity index is 706. The maximum atomic E-state index is 8.53. The van der Waals surface area contributed by atoms with Crippen molar-refractivity contribution < 1.29 is 0 Å². The van der Waals surface area contributed by atoms with Gasteiger partial charge in [0.2, 0.25) is 0 Å². The summed E-state index contributed by atoms with van der Waals surface area (Å²) in [5.41, 5.74) is 5.16. The molecule has 0 saturated carbocycles. The molecular weight excluding hydrogens is 302 g/mol. The van der Waals surface area contributed by atoms with Crippen molar-refractivity contribution in [1.29, 1.82) is 5.26 Å². The molecule has 1 N–H and O–H groups in total. The van der Waals surface area contributed by atoms with Gasteiger partial charge in [0.1, 0.15) is 5.40 Å². The molecule has 0 unspecified atom stereocenters. The number of hydrogen-bond donors (Lipinski definition) is 1. The first-order valence-corrected chi connectivity index (χ1v) is 9.54. The molecule has 3 rings (SSSR count). The van der Waals surface area contributed by atoms with Gasteiger partial charge >= 0.3 is 0 Å². The molecule has 4 heteroatoms. The lowest BCUT2D eigenvalue weighted by atomic mass is 9.92. The molecule has 0 amide bonds. The molecule has 1 aliphatic rings. The minimum Gasteiger partial charge on any atom is -0.384 e. The van der Waals surface area contributed by atoms with Crippen LogP contribution < -0.4 is 5.32 Å². The van der Waals surface area contributed by atoms with Crippen LogP contribution in [0.1, 0.15) is 43.4 Å². The molecule has 2 aromatic rings. The molecule has 120 valence electrons. The Kier molecular flexibility index (Phi) is 5.76. The molecule has 0 radical (unpaired) electrons. The standard InChI is InChI=1S/C19H23N3S/c20-14-23-13-7-1-6-12-21-19-15-8-2-4-10-17(15)22-18-11-5-3-9-16(18)19/h2,4,8,10H,1,3,5-7,9,11-13H2,(H,21,22). The molecule has 0 bridgehead atoms. The predicted molar refractivity (Wildman–Crippen MR) is 98.8 cm³/mol. The van der Waals surface area contributed by atoms with E-state index in [4.69, 9.17) is 10.2 Å². The molecule has 1 aromatic heterocycles. The van der Waals surface area contributed by atoms with Gasteiger partial charge in [-0.2, -0.15) is 5.26 Å². The number of aryl methyl sites for hydroxylation is 1. The molecule has 0 spiro atoms. The van der Waals surface area contributed by atoms with Gasteiger partial charge in [-0.3, -0.25) is 4.98 Å². The maximum Gasteiger partial charge on any atom is 0.133 e. The van der Waals surface area contributed by atoms with Gasteiger partial charge in [0.15, 0.2) is 0 Å². The summed E-state index contributed by atoms with van der Waals surface area (Å²) < 4.78 is 0. The van der Waals surface area contributed by atoms with Crippen LogP contribution in [0.3, 0.4) is 0 Å². The van der Waals surface area contributed by atoms with Gasteiger partial charge in [0, 0.05) is 29.1 Å². The topological polar surface area (TPSA) is 48.7 Å². The molecule has 1 heterocycles. The number of para-hydroxylation sites is 1. The number of rotatable bonds is 7. The van der Waals surface area contributed by atoms with Crippen molar-refractivity contribution in [2.24, 2.45) is 0 Å². The van der Waals surface area contributed by atoms with E-state index in [1.807, 2.05) is 0 Å². The van der Waals surface area contributed by atoms with Crippen molar-refractivity contribution >= 4 is 28.4 Å². The lowest BCUT2D eigenvalue weighted by Gasteiger charge is -2.21. The van der Waals surface area contributed by atoms with Gasteiger partial charge in [-0.05, 0) is 61.9 Å². The third-order valence-corrected chi connectivity index (χ3v) is 5.08. The quantitative estimate of drug-likeness (QED) is 0.580. The smallest absolute Gasteiger partial charge is 0.133 e. The number of nitrogens with one attached hydrogen (secondary N) is 1. The molecule has 0 fully saturated rings. The van der Waals surface area contributed by atoms with E-state index in [2.05, 4.69) is 35.0 Å². The van der Waals surface area contributed by atoms with Crippen LogP contribution >= 0.6 is 11.8 Å². The first kappa shape index (κ1) is 16.1. The number of unbranched alkanes of at least 4 members (excludes halogenated alkanes) is 2. The van der Waals surface area contributed by atoms with Crippen molar-refractivity contribution in [3.63, 3.8) is 0 Å². The molecule has 3 nitrogen and oxygen atoms in total. The van der Waals surface area contributed by atoms with Gasteiger partial charge in [-0.25, -0.2) is 0 Å². The number of hydrogen-bond acceptors (Lipinski definition) is 4. The highest BCUT2D eigenvalue weighted by Gasteiger charge is 2.17. The minimum atomic E-state index is 0.948. The normalized spacial score (nSPS) is 13.5. The second-order valence-corrected chi connectivity index (χ2v) is 6.94. The fourth-order valence-electron chi connectivity index (χ4n) is 3.31. The molecule has 23 heavy (non-hydrogen) atoms. The van der Waals surface area contributed by atoms with E-state index in [0.717, 1.165) is 43.5 Å². The minimum absolute atomic E-state index is 0.948. The zero-order chi connectivity index (χ0) is 15.9. The first-order valence-electron chi connectivity index (χ1n) is 8.55. The fraction of sp³-hybridized carbons (Fsp3) is 0.474. The van der Waals surface area contributed by atoms with E-state index in [9.17, 15) is 0 Å². The summed E-state index contributed by atoms with van der Waals surface area (Å²) in [7, 11) is 0. The van der Waals surface area contributed by atoms with E-state index in [0.29, 0.717) is 0 Å². The number of benzene rings is 1. The van der Waals surface area contributed by atoms with Crippen LogP contribution in [-0.2, 0) is 12.8 Å². The maximum absolute atomic E-state index is 8.53. The summed E-state index contributed by atoms with van der Waals surface area (Å²) in [5, 5.41) is 15.6. The Morgan fingerprint density at radius 1 is 1.13 bits per heavy atom. The van der Waals surface area contributed by atoms with E-state index in [1.54, 1.807) is 0 Å². The van der Waals surface area contributed by atoms with Gasteiger partial charge in [-0.1, -0.05) is 24.6 Å². The molecule has 1 aliphatic carbocycles. The van der Waals surface area contributed by atoms with Crippen LogP contribution in [0, 0.1) is 10.7 Å². The Balaban J connectivity index is 1.70. The second-order valence-electron chi connectivity index (χ2n) is 6.06. The molecule has 0 saturated heterocycles. The number of nitriles is 1. The van der Waals surface area contributed by atoms with Crippen molar-refractivity contribution in [2.75, 3.05) is 17.6 Å². The fourth-order valence-corrected chi connectivity index (χ4v) is 3.75. The summed E-state index contributed by atoms with van der Waals surface area (Å²) >= 11 is 1.36. The summed E-state index contributed by atoms with van der Waals surface area (Å²) in [6.45, 7) is 0.998. The number of anilines is 1. The van der Waals surface area contributed by atoms with Crippen molar-refractivity contribution in [2.45, 2.75) is 44.9 Å². The highest BCUT2D eigenvalue weighted by molar-refractivity contribution is 8.03. The van der Waals surface area contributed by atoms with Crippen molar-refractivity contribution in [1.82, 2.24) is 4.98 Å². The third kappa shape index (κ3) is 3.97. The molecule has 1 aromatic carbocycles. The lowest BCUT2D eigenvalue weighted by Crippen LogP contribution is -2.12. The summed E-state index contributed by atoms with van der Waals surface area (Å²) in [6, 6.07) is 8.47. The number of nitrogens with zero attached hydrogens (tertiary/aromatic N) is 2. The molecule has 0 atom stereocenters. The van der Waals surface area contributed by atoms with Crippen LogP contribution in [0.2, 0.25) is 0 Å². The van der Waals surface area contributed by atoms with Crippen LogP contribution in [0.5, 0.6) is 0 Å². The second kappa shape index (κ2) is 8.21. The number of aromatic nitrogens is 1. The Hall–Kier alpha value is -1.73. The van der Waals surface area contributed by atoms with E-state index in [-0.39, 0.29) is 0 Å².